The van der Waals surface area contributed by atoms with Crippen LogP contribution in [0.25, 0.3) is 0 Å². The number of rotatable bonds is 4. The van der Waals surface area contributed by atoms with Gasteiger partial charge in [-0.1, -0.05) is 0 Å². The summed E-state index contributed by atoms with van der Waals surface area (Å²) in [7, 11) is 3.96. The average Bonchev–Trinajstić information content (AvgIpc) is 2.87. The fourth-order valence-corrected chi connectivity index (χ4v) is 2.90. The van der Waals surface area contributed by atoms with Gasteiger partial charge in [0, 0.05) is 13.7 Å². The van der Waals surface area contributed by atoms with E-state index in [1.165, 1.54) is 18.5 Å². The van der Waals surface area contributed by atoms with Gasteiger partial charge in [0.05, 0.1) is 28.5 Å². The molecule has 1 N–H and O–H groups in total. The molecule has 1 aromatic heterocycles. The Bertz CT molecular complexity index is 327. The van der Waals surface area contributed by atoms with Gasteiger partial charge in [0.25, 0.3) is 0 Å². The number of aromatic nitrogens is 2. The molecule has 0 saturated carbocycles. The van der Waals surface area contributed by atoms with Gasteiger partial charge in [-0.3, -0.25) is 4.68 Å². The van der Waals surface area contributed by atoms with Crippen molar-refractivity contribution in [3.8, 4) is 0 Å². The third kappa shape index (κ3) is 2.47. The molecule has 0 amide bonds. The van der Waals surface area contributed by atoms with Crippen molar-refractivity contribution in [2.24, 2.45) is 7.05 Å². The minimum atomic E-state index is 0.296. The zero-order chi connectivity index (χ0) is 11.5. The topological polar surface area (TPSA) is 39.1 Å². The highest BCUT2D eigenvalue weighted by atomic mass is 79.9. The van der Waals surface area contributed by atoms with Gasteiger partial charge in [0.2, 0.25) is 0 Å². The van der Waals surface area contributed by atoms with Crippen LogP contribution in [0.3, 0.4) is 0 Å². The van der Waals surface area contributed by atoms with Gasteiger partial charge >= 0.3 is 0 Å². The molecule has 0 spiro atoms. The maximum absolute atomic E-state index is 5.68. The molecule has 16 heavy (non-hydrogen) atoms. The second kappa shape index (κ2) is 5.29. The molecule has 2 atom stereocenters. The van der Waals surface area contributed by atoms with Crippen LogP contribution in [0.2, 0.25) is 0 Å². The highest BCUT2D eigenvalue weighted by Crippen LogP contribution is 2.29. The largest absolute Gasteiger partial charge is 0.378 e. The normalized spacial score (nSPS) is 22.6. The Morgan fingerprint density at radius 3 is 3.06 bits per heavy atom. The van der Waals surface area contributed by atoms with E-state index >= 15 is 0 Å². The van der Waals surface area contributed by atoms with Crippen LogP contribution in [0.4, 0.5) is 0 Å². The Labute approximate surface area is 104 Å². The van der Waals surface area contributed by atoms with Crippen LogP contribution in [0.5, 0.6) is 0 Å². The van der Waals surface area contributed by atoms with Gasteiger partial charge in [-0.2, -0.15) is 5.10 Å². The summed E-state index contributed by atoms with van der Waals surface area (Å²) in [5.41, 5.74) is 1.19. The summed E-state index contributed by atoms with van der Waals surface area (Å²) in [6, 6.07) is 0.296. The first-order valence-corrected chi connectivity index (χ1v) is 6.48. The SMILES string of the molecule is CNC(CC1CCCO1)c1c(Br)cnn1C. The quantitative estimate of drug-likeness (QED) is 0.921. The number of nitrogens with zero attached hydrogens (tertiary/aromatic N) is 2. The molecule has 2 rings (SSSR count). The average molecular weight is 288 g/mol. The van der Waals surface area contributed by atoms with Crippen LogP contribution in [-0.4, -0.2) is 29.5 Å². The van der Waals surface area contributed by atoms with Crippen molar-refractivity contribution < 1.29 is 4.74 Å². The highest BCUT2D eigenvalue weighted by Gasteiger charge is 2.24. The summed E-state index contributed by atoms with van der Waals surface area (Å²) in [6.07, 6.45) is 5.60. The molecule has 0 bridgehead atoms. The zero-order valence-electron chi connectivity index (χ0n) is 9.74. The lowest BCUT2D eigenvalue weighted by Gasteiger charge is -2.20. The number of aryl methyl sites for hydroxylation is 1. The second-order valence-electron chi connectivity index (χ2n) is 4.21. The van der Waals surface area contributed by atoms with E-state index in [2.05, 4.69) is 26.3 Å². The van der Waals surface area contributed by atoms with E-state index < -0.39 is 0 Å². The van der Waals surface area contributed by atoms with E-state index in [9.17, 15) is 0 Å². The number of nitrogens with one attached hydrogen (secondary N) is 1. The maximum atomic E-state index is 5.68. The smallest absolute Gasteiger partial charge is 0.0693 e. The molecule has 0 aromatic carbocycles. The summed E-state index contributed by atoms with van der Waals surface area (Å²) in [5, 5.41) is 7.59. The lowest BCUT2D eigenvalue weighted by Crippen LogP contribution is -2.24. The Kier molecular flexibility index (Phi) is 4.00. The minimum absolute atomic E-state index is 0.296. The lowest BCUT2D eigenvalue weighted by atomic mass is 10.0. The van der Waals surface area contributed by atoms with Gasteiger partial charge in [0.15, 0.2) is 0 Å². The van der Waals surface area contributed by atoms with Crippen molar-refractivity contribution >= 4 is 15.9 Å². The first-order valence-electron chi connectivity index (χ1n) is 5.68. The molecule has 1 aromatic rings. The Morgan fingerprint density at radius 2 is 2.56 bits per heavy atom. The molecule has 5 heteroatoms. The van der Waals surface area contributed by atoms with E-state index in [0.29, 0.717) is 12.1 Å². The van der Waals surface area contributed by atoms with Crippen LogP contribution >= 0.6 is 15.9 Å². The predicted octanol–water partition coefficient (Wildman–Crippen LogP) is 2.01. The number of ether oxygens (including phenoxy) is 1. The second-order valence-corrected chi connectivity index (χ2v) is 5.07. The Hall–Kier alpha value is -0.390. The molecule has 4 nitrogen and oxygen atoms in total. The van der Waals surface area contributed by atoms with Crippen LogP contribution in [0.1, 0.15) is 31.0 Å². The molecular formula is C11H18BrN3O. The summed E-state index contributed by atoms with van der Waals surface area (Å²) >= 11 is 3.54. The van der Waals surface area contributed by atoms with Crippen molar-refractivity contribution in [2.45, 2.75) is 31.4 Å². The van der Waals surface area contributed by atoms with Crippen molar-refractivity contribution in [2.75, 3.05) is 13.7 Å². The molecular weight excluding hydrogens is 270 g/mol. The van der Waals surface area contributed by atoms with Crippen molar-refractivity contribution in [3.63, 3.8) is 0 Å². The summed E-state index contributed by atoms with van der Waals surface area (Å²) in [4.78, 5) is 0. The standard InChI is InChI=1S/C11H18BrN3O/c1-13-10(6-8-4-3-5-16-8)11-9(12)7-14-15(11)2/h7-8,10,13H,3-6H2,1-2H3. The van der Waals surface area contributed by atoms with Crippen molar-refractivity contribution in [3.05, 3.63) is 16.4 Å². The van der Waals surface area contributed by atoms with E-state index in [1.54, 1.807) is 0 Å². The zero-order valence-corrected chi connectivity index (χ0v) is 11.3. The molecule has 1 fully saturated rings. The van der Waals surface area contributed by atoms with E-state index in [1.807, 2.05) is 25.0 Å². The van der Waals surface area contributed by atoms with Crippen molar-refractivity contribution in [1.82, 2.24) is 15.1 Å². The molecule has 2 unspecified atom stereocenters. The maximum Gasteiger partial charge on any atom is 0.0693 e. The fourth-order valence-electron chi connectivity index (χ4n) is 2.27. The first-order chi connectivity index (χ1) is 7.72. The van der Waals surface area contributed by atoms with Crippen molar-refractivity contribution in [1.29, 1.82) is 0 Å². The molecule has 90 valence electrons. The van der Waals surface area contributed by atoms with E-state index in [0.717, 1.165) is 17.5 Å². The number of halogens is 1. The molecule has 1 saturated heterocycles. The number of hydrogen-bond acceptors (Lipinski definition) is 3. The van der Waals surface area contributed by atoms with E-state index in [4.69, 9.17) is 4.74 Å². The van der Waals surface area contributed by atoms with Gasteiger partial charge < -0.3 is 10.1 Å². The predicted molar refractivity (Wildman–Crippen MR) is 66.3 cm³/mol. The monoisotopic (exact) mass is 287 g/mol. The third-order valence-electron chi connectivity index (χ3n) is 3.14. The molecule has 2 heterocycles. The third-order valence-corrected chi connectivity index (χ3v) is 3.75. The van der Waals surface area contributed by atoms with Gasteiger partial charge in [0.1, 0.15) is 0 Å². The molecule has 0 aliphatic carbocycles. The molecule has 1 aliphatic rings. The van der Waals surface area contributed by atoms with Gasteiger partial charge in [-0.15, -0.1) is 0 Å². The van der Waals surface area contributed by atoms with Crippen LogP contribution < -0.4 is 5.32 Å². The lowest BCUT2D eigenvalue weighted by molar-refractivity contribution is 0.0945. The van der Waals surface area contributed by atoms with Gasteiger partial charge in [-0.25, -0.2) is 0 Å². The Morgan fingerprint density at radius 1 is 1.75 bits per heavy atom. The summed E-state index contributed by atoms with van der Waals surface area (Å²) in [5.74, 6) is 0. The van der Waals surface area contributed by atoms with E-state index in [-0.39, 0.29) is 0 Å². The first kappa shape index (κ1) is 12.1. The summed E-state index contributed by atoms with van der Waals surface area (Å²) < 4.78 is 8.66. The van der Waals surface area contributed by atoms with Crippen LogP contribution in [0.15, 0.2) is 10.7 Å². The summed E-state index contributed by atoms with van der Waals surface area (Å²) in [6.45, 7) is 0.910. The highest BCUT2D eigenvalue weighted by molar-refractivity contribution is 9.10. The molecule has 1 aliphatic heterocycles. The number of hydrogen-bond donors (Lipinski definition) is 1. The molecule has 0 radical (unpaired) electrons. The van der Waals surface area contributed by atoms with Gasteiger partial charge in [-0.05, 0) is 42.2 Å². The van der Waals surface area contributed by atoms with Crippen LogP contribution in [-0.2, 0) is 11.8 Å². The Balaban J connectivity index is 2.09. The fraction of sp³-hybridized carbons (Fsp3) is 0.727. The minimum Gasteiger partial charge on any atom is -0.378 e. The van der Waals surface area contributed by atoms with Crippen LogP contribution in [0, 0.1) is 0 Å².